The van der Waals surface area contributed by atoms with Crippen LogP contribution in [-0.4, -0.2) is 30.1 Å². The maximum absolute atomic E-state index is 11.8. The molecule has 4 heteroatoms. The summed E-state index contributed by atoms with van der Waals surface area (Å²) < 4.78 is 0. The van der Waals surface area contributed by atoms with Gasteiger partial charge in [0.15, 0.2) is 0 Å². The van der Waals surface area contributed by atoms with E-state index in [0.29, 0.717) is 6.04 Å². The van der Waals surface area contributed by atoms with Crippen LogP contribution in [0.2, 0.25) is 0 Å². The van der Waals surface area contributed by atoms with E-state index in [-0.39, 0.29) is 11.8 Å². The molecule has 2 aliphatic heterocycles. The Balaban J connectivity index is 1.83. The molecule has 0 radical (unpaired) electrons. The van der Waals surface area contributed by atoms with E-state index in [1.54, 1.807) is 6.92 Å². The molecule has 0 spiro atoms. The summed E-state index contributed by atoms with van der Waals surface area (Å²) in [5.41, 5.74) is 2.08. The molecule has 2 fully saturated rings. The number of benzene rings is 1. The lowest BCUT2D eigenvalue weighted by atomic mass is 9.91. The molecule has 1 aromatic carbocycles. The fraction of sp³-hybridized carbons (Fsp3) is 0.533. The van der Waals surface area contributed by atoms with E-state index in [9.17, 15) is 9.90 Å². The predicted molar refractivity (Wildman–Crippen MR) is 73.9 cm³/mol. The average molecular weight is 260 g/mol. The smallest absolute Gasteiger partial charge is 0.225 e. The van der Waals surface area contributed by atoms with Gasteiger partial charge in [0, 0.05) is 18.8 Å². The first-order valence-corrected chi connectivity index (χ1v) is 6.99. The van der Waals surface area contributed by atoms with Crippen LogP contribution in [0.25, 0.3) is 0 Å². The molecule has 0 bridgehead atoms. The van der Waals surface area contributed by atoms with Gasteiger partial charge in [0.25, 0.3) is 0 Å². The van der Waals surface area contributed by atoms with Crippen LogP contribution < -0.4 is 10.2 Å². The second kappa shape index (κ2) is 4.85. The minimum Gasteiger partial charge on any atom is -0.389 e. The SMILES string of the molecule is C[C@@H](O)c1ccc(N2CCCC3C(=O)NCC32)cc1. The van der Waals surface area contributed by atoms with Crippen LogP contribution in [0.4, 0.5) is 5.69 Å². The normalized spacial score (nSPS) is 27.9. The Labute approximate surface area is 113 Å². The minimum absolute atomic E-state index is 0.144. The molecule has 102 valence electrons. The van der Waals surface area contributed by atoms with Gasteiger partial charge in [-0.1, -0.05) is 12.1 Å². The number of hydrogen-bond donors (Lipinski definition) is 2. The molecule has 0 aromatic heterocycles. The highest BCUT2D eigenvalue weighted by Gasteiger charge is 2.40. The van der Waals surface area contributed by atoms with Crippen molar-refractivity contribution in [1.29, 1.82) is 0 Å². The lowest BCUT2D eigenvalue weighted by Crippen LogP contribution is -2.45. The topological polar surface area (TPSA) is 52.6 Å². The van der Waals surface area contributed by atoms with Gasteiger partial charge in [-0.2, -0.15) is 0 Å². The lowest BCUT2D eigenvalue weighted by molar-refractivity contribution is -0.122. The van der Waals surface area contributed by atoms with Crippen LogP contribution in [0, 0.1) is 5.92 Å². The minimum atomic E-state index is -0.433. The molecule has 19 heavy (non-hydrogen) atoms. The number of hydrogen-bond acceptors (Lipinski definition) is 3. The zero-order chi connectivity index (χ0) is 13.4. The van der Waals surface area contributed by atoms with Crippen molar-refractivity contribution in [3.63, 3.8) is 0 Å². The van der Waals surface area contributed by atoms with E-state index in [0.717, 1.165) is 37.2 Å². The van der Waals surface area contributed by atoms with Crippen molar-refractivity contribution >= 4 is 11.6 Å². The van der Waals surface area contributed by atoms with Crippen LogP contribution in [0.3, 0.4) is 0 Å². The number of nitrogens with zero attached hydrogens (tertiary/aromatic N) is 1. The maximum Gasteiger partial charge on any atom is 0.225 e. The highest BCUT2D eigenvalue weighted by Crippen LogP contribution is 2.32. The van der Waals surface area contributed by atoms with Crippen molar-refractivity contribution in [1.82, 2.24) is 5.32 Å². The molecule has 4 nitrogen and oxygen atoms in total. The molecule has 0 saturated carbocycles. The van der Waals surface area contributed by atoms with Crippen molar-refractivity contribution in [3.05, 3.63) is 29.8 Å². The van der Waals surface area contributed by atoms with Crippen molar-refractivity contribution in [3.8, 4) is 0 Å². The fourth-order valence-electron chi connectivity index (χ4n) is 3.22. The molecule has 0 aliphatic carbocycles. The van der Waals surface area contributed by atoms with Gasteiger partial charge in [-0.25, -0.2) is 0 Å². The first-order chi connectivity index (χ1) is 9.16. The fourth-order valence-corrected chi connectivity index (χ4v) is 3.22. The Kier molecular flexibility index (Phi) is 3.19. The zero-order valence-electron chi connectivity index (χ0n) is 11.2. The molecular weight excluding hydrogens is 240 g/mol. The third-order valence-corrected chi connectivity index (χ3v) is 4.31. The summed E-state index contributed by atoms with van der Waals surface area (Å²) in [6.07, 6.45) is 1.63. The van der Waals surface area contributed by atoms with Gasteiger partial charge in [0.1, 0.15) is 0 Å². The van der Waals surface area contributed by atoms with E-state index in [1.807, 2.05) is 24.3 Å². The van der Waals surface area contributed by atoms with E-state index in [1.165, 1.54) is 0 Å². The molecule has 2 heterocycles. The average Bonchev–Trinajstić information content (AvgIpc) is 2.81. The number of fused-ring (bicyclic) bond motifs is 1. The Morgan fingerprint density at radius 2 is 2.11 bits per heavy atom. The van der Waals surface area contributed by atoms with E-state index < -0.39 is 6.10 Å². The highest BCUT2D eigenvalue weighted by molar-refractivity contribution is 5.83. The molecule has 2 N–H and O–H groups in total. The van der Waals surface area contributed by atoms with Gasteiger partial charge < -0.3 is 15.3 Å². The Hall–Kier alpha value is -1.55. The van der Waals surface area contributed by atoms with Gasteiger partial charge in [-0.05, 0) is 37.5 Å². The standard InChI is InChI=1S/C15H20N2O2/c1-10(18)11-4-6-12(7-5-11)17-8-2-3-13-14(17)9-16-15(13)19/h4-7,10,13-14,18H,2-3,8-9H2,1H3,(H,16,19)/t10-,13?,14?/m1/s1. The van der Waals surface area contributed by atoms with E-state index in [4.69, 9.17) is 0 Å². The third-order valence-electron chi connectivity index (χ3n) is 4.31. The molecular formula is C15H20N2O2. The number of aliphatic hydroxyl groups excluding tert-OH is 1. The summed E-state index contributed by atoms with van der Waals surface area (Å²) >= 11 is 0. The zero-order valence-corrected chi connectivity index (χ0v) is 11.2. The maximum atomic E-state index is 11.8. The van der Waals surface area contributed by atoms with Crippen molar-refractivity contribution in [2.24, 2.45) is 5.92 Å². The van der Waals surface area contributed by atoms with Gasteiger partial charge >= 0.3 is 0 Å². The molecule has 2 unspecified atom stereocenters. The monoisotopic (exact) mass is 260 g/mol. The number of piperidine rings is 1. The van der Waals surface area contributed by atoms with Crippen LogP contribution in [0.15, 0.2) is 24.3 Å². The summed E-state index contributed by atoms with van der Waals surface area (Å²) in [7, 11) is 0. The Bertz CT molecular complexity index is 470. The van der Waals surface area contributed by atoms with Crippen molar-refractivity contribution < 1.29 is 9.90 Å². The molecule has 2 saturated heterocycles. The quantitative estimate of drug-likeness (QED) is 0.846. The molecule has 3 rings (SSSR count). The molecule has 1 aromatic rings. The van der Waals surface area contributed by atoms with Gasteiger partial charge in [0.2, 0.25) is 5.91 Å². The van der Waals surface area contributed by atoms with Gasteiger partial charge in [0.05, 0.1) is 18.1 Å². The molecule has 3 atom stereocenters. The van der Waals surface area contributed by atoms with Crippen LogP contribution in [0.1, 0.15) is 31.4 Å². The largest absolute Gasteiger partial charge is 0.389 e. The predicted octanol–water partition coefficient (Wildman–Crippen LogP) is 1.45. The number of amides is 1. The van der Waals surface area contributed by atoms with Crippen LogP contribution >= 0.6 is 0 Å². The van der Waals surface area contributed by atoms with Gasteiger partial charge in [-0.3, -0.25) is 4.79 Å². The summed E-state index contributed by atoms with van der Waals surface area (Å²) in [5.74, 6) is 0.348. The first kappa shape index (κ1) is 12.5. The summed E-state index contributed by atoms with van der Waals surface area (Å²) in [6.45, 7) is 3.53. The number of aliphatic hydroxyl groups is 1. The lowest BCUT2D eigenvalue weighted by Gasteiger charge is -2.37. The second-order valence-electron chi connectivity index (χ2n) is 5.52. The number of anilines is 1. The van der Waals surface area contributed by atoms with Crippen LogP contribution in [-0.2, 0) is 4.79 Å². The van der Waals surface area contributed by atoms with Crippen LogP contribution in [0.5, 0.6) is 0 Å². The van der Waals surface area contributed by atoms with Crippen molar-refractivity contribution in [2.45, 2.75) is 31.9 Å². The van der Waals surface area contributed by atoms with E-state index in [2.05, 4.69) is 10.2 Å². The first-order valence-electron chi connectivity index (χ1n) is 6.99. The molecule has 1 amide bonds. The van der Waals surface area contributed by atoms with Crippen molar-refractivity contribution in [2.75, 3.05) is 18.0 Å². The second-order valence-corrected chi connectivity index (χ2v) is 5.52. The molecule has 2 aliphatic rings. The van der Waals surface area contributed by atoms with Gasteiger partial charge in [-0.15, -0.1) is 0 Å². The third kappa shape index (κ3) is 2.21. The van der Waals surface area contributed by atoms with E-state index >= 15 is 0 Å². The summed E-state index contributed by atoms with van der Waals surface area (Å²) in [6, 6.07) is 8.32. The summed E-state index contributed by atoms with van der Waals surface area (Å²) in [5, 5.41) is 12.5. The Morgan fingerprint density at radius 3 is 2.79 bits per heavy atom. The summed E-state index contributed by atoms with van der Waals surface area (Å²) in [4.78, 5) is 14.1. The number of carbonyl (C=O) groups excluding carboxylic acids is 1. The Morgan fingerprint density at radius 1 is 1.37 bits per heavy atom. The number of nitrogens with one attached hydrogen (secondary N) is 1. The highest BCUT2D eigenvalue weighted by atomic mass is 16.3. The number of carbonyl (C=O) groups is 1. The number of rotatable bonds is 2.